The highest BCUT2D eigenvalue weighted by Gasteiger charge is 2.39. The van der Waals surface area contributed by atoms with Gasteiger partial charge in [0.05, 0.1) is 23.1 Å². The molecule has 0 radical (unpaired) electrons. The molecule has 0 bridgehead atoms. The van der Waals surface area contributed by atoms with Crippen molar-refractivity contribution in [1.29, 1.82) is 0 Å². The van der Waals surface area contributed by atoms with Crippen LogP contribution in [0, 0.1) is 16.7 Å². The molecule has 0 saturated carbocycles. The summed E-state index contributed by atoms with van der Waals surface area (Å²) in [7, 11) is 0. The number of carboxylic acids is 1. The molecule has 2 rings (SSSR count). The molecular formula is C27H34O6. The number of rotatable bonds is 10. The standard InChI is InChI=1S/C27H34O6/c1-18(2)22(33-24(30)21-15-11-10-14-20(21)23(28)29)27(5,6)17-32-25(31)26(3,4)16-19-12-8-7-9-13-19/h7-15,18,22H,16-17H2,1-6H3,(H,28,29). The molecule has 0 heterocycles. The minimum atomic E-state index is -1.20. The fourth-order valence-corrected chi connectivity index (χ4v) is 3.93. The third-order valence-electron chi connectivity index (χ3n) is 5.60. The summed E-state index contributed by atoms with van der Waals surface area (Å²) in [6, 6.07) is 15.7. The Kier molecular flexibility index (Phi) is 8.42. The third-order valence-corrected chi connectivity index (χ3v) is 5.60. The second-order valence-corrected chi connectivity index (χ2v) is 10.0. The maximum atomic E-state index is 12.9. The highest BCUT2D eigenvalue weighted by atomic mass is 16.6. The number of carbonyl (C=O) groups is 3. The molecule has 33 heavy (non-hydrogen) atoms. The topological polar surface area (TPSA) is 89.9 Å². The number of esters is 2. The van der Waals surface area contributed by atoms with Crippen LogP contribution >= 0.6 is 0 Å². The van der Waals surface area contributed by atoms with E-state index in [-0.39, 0.29) is 29.6 Å². The van der Waals surface area contributed by atoms with Crippen LogP contribution in [0.5, 0.6) is 0 Å². The van der Waals surface area contributed by atoms with Crippen molar-refractivity contribution >= 4 is 17.9 Å². The van der Waals surface area contributed by atoms with E-state index >= 15 is 0 Å². The van der Waals surface area contributed by atoms with E-state index in [2.05, 4.69) is 0 Å². The van der Waals surface area contributed by atoms with Crippen molar-refractivity contribution in [1.82, 2.24) is 0 Å². The summed E-state index contributed by atoms with van der Waals surface area (Å²) in [5.41, 5.74) is -0.489. The van der Waals surface area contributed by atoms with Crippen molar-refractivity contribution < 1.29 is 29.0 Å². The van der Waals surface area contributed by atoms with Crippen molar-refractivity contribution in [2.24, 2.45) is 16.7 Å². The monoisotopic (exact) mass is 454 g/mol. The van der Waals surface area contributed by atoms with Gasteiger partial charge in [-0.25, -0.2) is 9.59 Å². The minimum Gasteiger partial charge on any atom is -0.478 e. The molecule has 2 aromatic rings. The predicted octanol–water partition coefficient (Wildman–Crippen LogP) is 5.40. The Morgan fingerprint density at radius 3 is 1.97 bits per heavy atom. The number of aromatic carboxylic acids is 1. The predicted molar refractivity (Wildman–Crippen MR) is 126 cm³/mol. The van der Waals surface area contributed by atoms with E-state index in [1.165, 1.54) is 12.1 Å². The molecule has 0 saturated heterocycles. The quantitative estimate of drug-likeness (QED) is 0.483. The molecule has 6 heteroatoms. The second kappa shape index (κ2) is 10.6. The van der Waals surface area contributed by atoms with Gasteiger partial charge in [-0.05, 0) is 43.9 Å². The van der Waals surface area contributed by atoms with Crippen molar-refractivity contribution in [3.63, 3.8) is 0 Å². The van der Waals surface area contributed by atoms with Crippen molar-refractivity contribution in [2.75, 3.05) is 6.61 Å². The van der Waals surface area contributed by atoms with Gasteiger partial charge in [-0.1, -0.05) is 70.2 Å². The van der Waals surface area contributed by atoms with Gasteiger partial charge in [0.1, 0.15) is 6.10 Å². The zero-order valence-electron chi connectivity index (χ0n) is 20.3. The van der Waals surface area contributed by atoms with Gasteiger partial charge in [0.2, 0.25) is 0 Å². The van der Waals surface area contributed by atoms with Gasteiger partial charge < -0.3 is 14.6 Å². The number of hydrogen-bond donors (Lipinski definition) is 1. The van der Waals surface area contributed by atoms with E-state index < -0.39 is 28.9 Å². The second-order valence-electron chi connectivity index (χ2n) is 10.0. The SMILES string of the molecule is CC(C)C(OC(=O)c1ccccc1C(=O)O)C(C)(C)COC(=O)C(C)(C)Cc1ccccc1. The smallest absolute Gasteiger partial charge is 0.339 e. The molecule has 0 aliphatic rings. The summed E-state index contributed by atoms with van der Waals surface area (Å²) in [6.45, 7) is 11.3. The van der Waals surface area contributed by atoms with Gasteiger partial charge in [0.25, 0.3) is 0 Å². The van der Waals surface area contributed by atoms with Crippen LogP contribution in [0.25, 0.3) is 0 Å². The molecule has 0 spiro atoms. The van der Waals surface area contributed by atoms with Crippen LogP contribution in [0.15, 0.2) is 54.6 Å². The molecule has 0 aromatic heterocycles. The summed E-state index contributed by atoms with van der Waals surface area (Å²) in [6.07, 6.45) is -0.0568. The number of hydrogen-bond acceptors (Lipinski definition) is 5. The summed E-state index contributed by atoms with van der Waals surface area (Å²) in [5, 5.41) is 9.38. The van der Waals surface area contributed by atoms with Gasteiger partial charge in [-0.15, -0.1) is 0 Å². The Balaban J connectivity index is 2.11. The zero-order valence-corrected chi connectivity index (χ0v) is 20.3. The lowest BCUT2D eigenvalue weighted by atomic mass is 9.81. The van der Waals surface area contributed by atoms with Crippen molar-refractivity contribution in [2.45, 2.75) is 54.1 Å². The average Bonchev–Trinajstić information content (AvgIpc) is 2.75. The molecule has 6 nitrogen and oxygen atoms in total. The molecule has 0 fully saturated rings. The molecule has 1 unspecified atom stereocenters. The maximum absolute atomic E-state index is 12.9. The van der Waals surface area contributed by atoms with Gasteiger partial charge >= 0.3 is 17.9 Å². The summed E-state index contributed by atoms with van der Waals surface area (Å²) in [5.74, 6) is -2.32. The van der Waals surface area contributed by atoms with Crippen LogP contribution in [0.3, 0.4) is 0 Å². The Morgan fingerprint density at radius 2 is 1.42 bits per heavy atom. The lowest BCUT2D eigenvalue weighted by Gasteiger charge is -2.36. The number of carbonyl (C=O) groups excluding carboxylic acids is 2. The first kappa shape index (κ1) is 26.1. The van der Waals surface area contributed by atoms with Crippen LogP contribution in [-0.4, -0.2) is 35.7 Å². The fourth-order valence-electron chi connectivity index (χ4n) is 3.93. The molecule has 1 N–H and O–H groups in total. The molecule has 2 aromatic carbocycles. The largest absolute Gasteiger partial charge is 0.478 e. The normalized spacial score (nSPS) is 12.8. The summed E-state index contributed by atoms with van der Waals surface area (Å²) in [4.78, 5) is 37.2. The highest BCUT2D eigenvalue weighted by Crippen LogP contribution is 2.32. The molecule has 1 atom stereocenters. The van der Waals surface area contributed by atoms with Gasteiger partial charge in [0.15, 0.2) is 0 Å². The highest BCUT2D eigenvalue weighted by molar-refractivity contribution is 6.02. The molecule has 0 aliphatic heterocycles. The lowest BCUT2D eigenvalue weighted by molar-refractivity contribution is -0.160. The Morgan fingerprint density at radius 1 is 0.879 bits per heavy atom. The lowest BCUT2D eigenvalue weighted by Crippen LogP contribution is -2.43. The van der Waals surface area contributed by atoms with Gasteiger partial charge in [-0.3, -0.25) is 4.79 Å². The van der Waals surface area contributed by atoms with Crippen LogP contribution in [-0.2, 0) is 20.7 Å². The minimum absolute atomic E-state index is 0.00700. The Hall–Kier alpha value is -3.15. The molecule has 0 amide bonds. The van der Waals surface area contributed by atoms with Crippen molar-refractivity contribution in [3.8, 4) is 0 Å². The first-order chi connectivity index (χ1) is 15.3. The van der Waals surface area contributed by atoms with Gasteiger partial charge in [0, 0.05) is 5.41 Å². The van der Waals surface area contributed by atoms with Crippen LogP contribution in [0.4, 0.5) is 0 Å². The maximum Gasteiger partial charge on any atom is 0.339 e. The van der Waals surface area contributed by atoms with E-state index in [0.717, 1.165) is 5.56 Å². The first-order valence-corrected chi connectivity index (χ1v) is 11.1. The number of benzene rings is 2. The zero-order chi connectivity index (χ0) is 24.8. The third kappa shape index (κ3) is 6.91. The van der Waals surface area contributed by atoms with E-state index in [9.17, 15) is 19.5 Å². The summed E-state index contributed by atoms with van der Waals surface area (Å²) >= 11 is 0. The number of ether oxygens (including phenoxy) is 2. The van der Waals surface area contributed by atoms with Crippen LogP contribution in [0.2, 0.25) is 0 Å². The fraction of sp³-hybridized carbons (Fsp3) is 0.444. The molecular weight excluding hydrogens is 420 g/mol. The number of carboxylic acid groups (broad SMARTS) is 1. The Labute approximate surface area is 195 Å². The van der Waals surface area contributed by atoms with E-state index in [4.69, 9.17) is 9.47 Å². The Bertz CT molecular complexity index is 975. The van der Waals surface area contributed by atoms with E-state index in [0.29, 0.717) is 6.42 Å². The van der Waals surface area contributed by atoms with Crippen molar-refractivity contribution in [3.05, 3.63) is 71.3 Å². The van der Waals surface area contributed by atoms with E-state index in [1.54, 1.807) is 12.1 Å². The van der Waals surface area contributed by atoms with E-state index in [1.807, 2.05) is 71.9 Å². The summed E-state index contributed by atoms with van der Waals surface area (Å²) < 4.78 is 11.5. The molecule has 178 valence electrons. The van der Waals surface area contributed by atoms with Gasteiger partial charge in [-0.2, -0.15) is 0 Å². The van der Waals surface area contributed by atoms with Crippen LogP contribution < -0.4 is 0 Å². The molecule has 0 aliphatic carbocycles. The average molecular weight is 455 g/mol. The van der Waals surface area contributed by atoms with Crippen LogP contribution in [0.1, 0.15) is 67.8 Å². The first-order valence-electron chi connectivity index (χ1n) is 11.1.